The Hall–Kier alpha value is -4.29. The Morgan fingerprint density at radius 2 is 1.61 bits per heavy atom. The molecule has 7 rings (SSSR count). The summed E-state index contributed by atoms with van der Waals surface area (Å²) in [5.74, 6) is 0.360. The molecule has 2 aliphatic heterocycles. The molecule has 0 N–H and O–H groups in total. The summed E-state index contributed by atoms with van der Waals surface area (Å²) in [5, 5.41) is 5.43. The highest BCUT2D eigenvalue weighted by Gasteiger charge is 2.45. The maximum atomic E-state index is 12.8. The zero-order valence-corrected chi connectivity index (χ0v) is 29.1. The largest absolute Gasteiger partial charge is 0.491 e. The van der Waals surface area contributed by atoms with Gasteiger partial charge in [0.2, 0.25) is 5.79 Å². The summed E-state index contributed by atoms with van der Waals surface area (Å²) in [5.41, 5.74) is 3.74. The molecule has 5 aromatic rings. The van der Waals surface area contributed by atoms with Gasteiger partial charge in [-0.05, 0) is 74.0 Å². The zero-order chi connectivity index (χ0) is 34.0. The normalized spacial score (nSPS) is 19.5. The summed E-state index contributed by atoms with van der Waals surface area (Å²) in [4.78, 5) is 21.7. The average Bonchev–Trinajstić information content (AvgIpc) is 3.84. The average molecular weight is 705 g/mol. The lowest BCUT2D eigenvalue weighted by Crippen LogP contribution is -2.46. The van der Waals surface area contributed by atoms with Gasteiger partial charge in [0, 0.05) is 67.1 Å². The van der Waals surface area contributed by atoms with Crippen LogP contribution in [-0.2, 0) is 28.4 Å². The number of rotatable bonds is 11. The van der Waals surface area contributed by atoms with Crippen molar-refractivity contribution in [1.29, 1.82) is 0 Å². The Morgan fingerprint density at radius 1 is 0.939 bits per heavy atom. The van der Waals surface area contributed by atoms with E-state index >= 15 is 0 Å². The Morgan fingerprint density at radius 3 is 2.24 bits per heavy atom. The van der Waals surface area contributed by atoms with Gasteiger partial charge in [-0.25, -0.2) is 19.0 Å². The molecule has 0 radical (unpaired) electrons. The van der Waals surface area contributed by atoms with Crippen molar-refractivity contribution in [2.75, 3.05) is 49.2 Å². The molecular formula is C36H39Cl2N7O4. The second kappa shape index (κ2) is 14.3. The summed E-state index contributed by atoms with van der Waals surface area (Å²) >= 11 is 12.8. The minimum atomic E-state index is -1.10. The molecule has 0 amide bonds. The van der Waals surface area contributed by atoms with E-state index in [0.717, 1.165) is 55.4 Å². The van der Waals surface area contributed by atoms with Crippen LogP contribution in [0.4, 0.5) is 11.4 Å². The molecule has 3 aromatic carbocycles. The summed E-state index contributed by atoms with van der Waals surface area (Å²) in [6.07, 6.45) is 5.85. The minimum absolute atomic E-state index is 0.0961. The SMILES string of the molecule is CCCn1nc(C)n(-c2ccc(N3CCN(c4ccc(OC[C@@H]5COC(Cn6ccnc6)(c6ccc(Cl)cc6Cl)O5)cc4)CC3)cc2)c1=O. The van der Waals surface area contributed by atoms with Crippen molar-refractivity contribution < 1.29 is 14.2 Å². The topological polar surface area (TPSA) is 91.8 Å². The van der Waals surface area contributed by atoms with Crippen LogP contribution in [0.15, 0.2) is 90.2 Å². The lowest BCUT2D eigenvalue weighted by atomic mass is 10.1. The minimum Gasteiger partial charge on any atom is -0.491 e. The molecule has 256 valence electrons. The van der Waals surface area contributed by atoms with E-state index in [2.05, 4.69) is 44.1 Å². The Balaban J connectivity index is 0.930. The molecule has 0 aliphatic carbocycles. The van der Waals surface area contributed by atoms with E-state index in [4.69, 9.17) is 37.4 Å². The summed E-state index contributed by atoms with van der Waals surface area (Å²) < 4.78 is 24.1. The van der Waals surface area contributed by atoms with Crippen LogP contribution in [0.2, 0.25) is 10.0 Å². The van der Waals surface area contributed by atoms with Crippen LogP contribution in [0, 0.1) is 6.92 Å². The van der Waals surface area contributed by atoms with Gasteiger partial charge in [-0.1, -0.05) is 36.2 Å². The third-order valence-electron chi connectivity index (χ3n) is 8.98. The van der Waals surface area contributed by atoms with Crippen molar-refractivity contribution in [2.24, 2.45) is 0 Å². The molecule has 2 aliphatic rings. The number of halogens is 2. The number of aromatic nitrogens is 5. The number of piperazine rings is 1. The maximum Gasteiger partial charge on any atom is 0.350 e. The van der Waals surface area contributed by atoms with E-state index in [1.807, 2.05) is 54.9 Å². The quantitative estimate of drug-likeness (QED) is 0.167. The molecule has 2 fully saturated rings. The van der Waals surface area contributed by atoms with Crippen molar-refractivity contribution in [3.05, 3.63) is 117 Å². The van der Waals surface area contributed by atoms with Gasteiger partial charge in [-0.3, -0.25) is 0 Å². The van der Waals surface area contributed by atoms with Crippen molar-refractivity contribution in [1.82, 2.24) is 23.9 Å². The second-order valence-electron chi connectivity index (χ2n) is 12.3. The monoisotopic (exact) mass is 703 g/mol. The lowest BCUT2D eigenvalue weighted by molar-refractivity contribution is -0.189. The highest BCUT2D eigenvalue weighted by molar-refractivity contribution is 6.35. The number of hydrogen-bond acceptors (Lipinski definition) is 8. The summed E-state index contributed by atoms with van der Waals surface area (Å²) in [7, 11) is 0. The first kappa shape index (κ1) is 33.2. The fourth-order valence-electron chi connectivity index (χ4n) is 6.52. The third-order valence-corrected chi connectivity index (χ3v) is 9.53. The van der Waals surface area contributed by atoms with Gasteiger partial charge in [0.1, 0.15) is 24.3 Å². The van der Waals surface area contributed by atoms with E-state index in [-0.39, 0.29) is 11.8 Å². The molecule has 0 saturated carbocycles. The molecule has 2 atom stereocenters. The van der Waals surface area contributed by atoms with Gasteiger partial charge in [0.05, 0.1) is 30.2 Å². The second-order valence-corrected chi connectivity index (χ2v) is 13.2. The Kier molecular flexibility index (Phi) is 9.68. The molecule has 13 heteroatoms. The van der Waals surface area contributed by atoms with Gasteiger partial charge >= 0.3 is 5.69 Å². The number of imidazole rings is 1. The summed E-state index contributed by atoms with van der Waals surface area (Å²) in [6.45, 7) is 9.14. The first-order valence-corrected chi connectivity index (χ1v) is 17.3. The van der Waals surface area contributed by atoms with Crippen LogP contribution in [0.25, 0.3) is 5.69 Å². The number of nitrogens with zero attached hydrogens (tertiary/aromatic N) is 7. The van der Waals surface area contributed by atoms with E-state index in [0.29, 0.717) is 47.7 Å². The van der Waals surface area contributed by atoms with Gasteiger partial charge in [0.25, 0.3) is 0 Å². The molecule has 49 heavy (non-hydrogen) atoms. The molecule has 0 bridgehead atoms. The first-order valence-electron chi connectivity index (χ1n) is 16.5. The standard InChI is InChI=1S/C36H39Cl2N7O4/c1-3-15-44-35(46)45(26(2)40-44)30-7-5-28(6-8-30)42-17-19-43(20-18-42)29-9-11-31(12-10-29)47-22-32-23-48-36(49-32,24-41-16-14-39-25-41)33-13-4-27(37)21-34(33)38/h4-14,16,21,25,32H,3,15,17-20,22-24H2,1-2H3/t32-,36?/m1/s1. The van der Waals surface area contributed by atoms with Crippen LogP contribution < -0.4 is 20.2 Å². The molecule has 4 heterocycles. The van der Waals surface area contributed by atoms with Gasteiger partial charge in [0.15, 0.2) is 0 Å². The van der Waals surface area contributed by atoms with Crippen molar-refractivity contribution in [3.8, 4) is 11.4 Å². The van der Waals surface area contributed by atoms with Gasteiger partial charge in [-0.15, -0.1) is 0 Å². The number of hydrogen-bond donors (Lipinski definition) is 0. The number of anilines is 2. The predicted octanol–water partition coefficient (Wildman–Crippen LogP) is 5.93. The van der Waals surface area contributed by atoms with Crippen LogP contribution in [0.5, 0.6) is 5.75 Å². The highest BCUT2D eigenvalue weighted by Crippen LogP contribution is 2.40. The van der Waals surface area contributed by atoms with Crippen LogP contribution in [0.3, 0.4) is 0 Å². The number of aryl methyl sites for hydroxylation is 2. The highest BCUT2D eigenvalue weighted by atomic mass is 35.5. The van der Waals surface area contributed by atoms with Crippen molar-refractivity contribution in [2.45, 2.75) is 45.2 Å². The van der Waals surface area contributed by atoms with Crippen molar-refractivity contribution in [3.63, 3.8) is 0 Å². The number of ether oxygens (including phenoxy) is 3. The third kappa shape index (κ3) is 7.07. The summed E-state index contributed by atoms with van der Waals surface area (Å²) in [6, 6.07) is 21.7. The molecule has 1 unspecified atom stereocenters. The molecular weight excluding hydrogens is 665 g/mol. The fraction of sp³-hybridized carbons (Fsp3) is 0.361. The smallest absolute Gasteiger partial charge is 0.350 e. The Labute approximate surface area is 295 Å². The van der Waals surface area contributed by atoms with Gasteiger partial charge in [-0.2, -0.15) is 5.10 Å². The maximum absolute atomic E-state index is 12.8. The Bertz CT molecular complexity index is 1920. The fourth-order valence-corrected chi connectivity index (χ4v) is 7.08. The molecule has 0 spiro atoms. The van der Waals surface area contributed by atoms with Crippen LogP contribution in [0.1, 0.15) is 24.7 Å². The number of benzene rings is 3. The van der Waals surface area contributed by atoms with E-state index in [1.54, 1.807) is 29.2 Å². The lowest BCUT2D eigenvalue weighted by Gasteiger charge is -2.37. The molecule has 2 aromatic heterocycles. The van der Waals surface area contributed by atoms with E-state index < -0.39 is 5.79 Å². The molecule has 2 saturated heterocycles. The van der Waals surface area contributed by atoms with Gasteiger partial charge < -0.3 is 28.6 Å². The van der Waals surface area contributed by atoms with Crippen molar-refractivity contribution >= 4 is 34.6 Å². The van der Waals surface area contributed by atoms with Crippen LogP contribution >= 0.6 is 23.2 Å². The van der Waals surface area contributed by atoms with Crippen LogP contribution in [-0.4, -0.2) is 69.4 Å². The van der Waals surface area contributed by atoms with E-state index in [1.165, 1.54) is 4.68 Å². The zero-order valence-electron chi connectivity index (χ0n) is 27.5. The molecule has 11 nitrogen and oxygen atoms in total. The van der Waals surface area contributed by atoms with E-state index in [9.17, 15) is 4.79 Å². The predicted molar refractivity (Wildman–Crippen MR) is 190 cm³/mol. The first-order chi connectivity index (χ1) is 23.8.